The van der Waals surface area contributed by atoms with Crippen molar-refractivity contribution in [3.63, 3.8) is 0 Å². The Labute approximate surface area is 203 Å². The molecule has 3 aromatic heterocycles. The van der Waals surface area contributed by atoms with Crippen molar-refractivity contribution in [2.24, 2.45) is 0 Å². The van der Waals surface area contributed by atoms with Crippen LogP contribution in [-0.2, 0) is 4.74 Å². The van der Waals surface area contributed by atoms with Crippen LogP contribution >= 0.6 is 22.7 Å². The van der Waals surface area contributed by atoms with Crippen LogP contribution in [0.5, 0.6) is 0 Å². The molecule has 1 aromatic carbocycles. The number of methoxy groups -OCH3 is 1. The summed E-state index contributed by atoms with van der Waals surface area (Å²) < 4.78 is 6.32. The van der Waals surface area contributed by atoms with Gasteiger partial charge in [0, 0.05) is 19.0 Å². The number of thiazole rings is 2. The van der Waals surface area contributed by atoms with E-state index in [-0.39, 0.29) is 18.4 Å². The lowest BCUT2D eigenvalue weighted by Gasteiger charge is -2.22. The maximum absolute atomic E-state index is 11.3. The zero-order valence-corrected chi connectivity index (χ0v) is 20.3. The second-order valence-corrected chi connectivity index (χ2v) is 9.37. The first kappa shape index (κ1) is 24.0. The van der Waals surface area contributed by atoms with Crippen LogP contribution in [0.1, 0.15) is 28.9 Å². The smallest absolute Gasteiger partial charge is 0.355 e. The van der Waals surface area contributed by atoms with Gasteiger partial charge in [0.15, 0.2) is 27.6 Å². The van der Waals surface area contributed by atoms with Gasteiger partial charge in [-0.3, -0.25) is 0 Å². The van der Waals surface area contributed by atoms with Crippen LogP contribution in [-0.4, -0.2) is 62.7 Å². The monoisotopic (exact) mass is 500 g/mol. The number of ether oxygens (including phenoxy) is 1. The summed E-state index contributed by atoms with van der Waals surface area (Å²) in [7, 11) is 1.56. The molecule has 4 aromatic rings. The first-order chi connectivity index (χ1) is 16.5. The number of anilines is 4. The van der Waals surface area contributed by atoms with Crippen molar-refractivity contribution in [3.8, 4) is 0 Å². The van der Waals surface area contributed by atoms with Gasteiger partial charge in [0.1, 0.15) is 0 Å². The Hall–Kier alpha value is -3.19. The summed E-state index contributed by atoms with van der Waals surface area (Å²) in [5.74, 6) is 0.0595. The lowest BCUT2D eigenvalue weighted by Crippen LogP contribution is -2.23. The highest BCUT2D eigenvalue weighted by Gasteiger charge is 2.20. The molecule has 0 fully saturated rings. The summed E-state index contributed by atoms with van der Waals surface area (Å²) in [6, 6.07) is 9.78. The van der Waals surface area contributed by atoms with Crippen LogP contribution in [0, 0.1) is 6.92 Å². The molecule has 3 N–H and O–H groups in total. The molecule has 0 aliphatic carbocycles. The molecule has 12 heteroatoms. The summed E-state index contributed by atoms with van der Waals surface area (Å²) >= 11 is 2.76. The number of hydrogen-bond acceptors (Lipinski definition) is 11. The van der Waals surface area contributed by atoms with Crippen molar-refractivity contribution < 1.29 is 19.7 Å². The highest BCUT2D eigenvalue weighted by Crippen LogP contribution is 2.31. The van der Waals surface area contributed by atoms with E-state index in [1.54, 1.807) is 7.11 Å². The molecule has 0 saturated heterocycles. The number of aryl methyl sites for hydroxylation is 1. The van der Waals surface area contributed by atoms with Crippen LogP contribution in [0.25, 0.3) is 10.2 Å². The number of carbonyl (C=O) groups is 1. The standard InChI is InChI=1S/C22H24N6O4S2/c1-13-10-18(26-27-19(13)25-21-23-15-7-3-4-8-17(15)34-21)28(9-5-6-14(11-29)32-2)22-24-16(12-33-22)20(30)31/h3-4,7-8,10,12,14,29H,5-6,9,11H2,1-2H3,(H,30,31)(H,23,25,27). The van der Waals surface area contributed by atoms with E-state index in [2.05, 4.69) is 25.5 Å². The van der Waals surface area contributed by atoms with Gasteiger partial charge in [0.25, 0.3) is 0 Å². The van der Waals surface area contributed by atoms with Crippen molar-refractivity contribution in [3.05, 3.63) is 47.0 Å². The quantitative estimate of drug-likeness (QED) is 0.275. The molecular weight excluding hydrogens is 476 g/mol. The van der Waals surface area contributed by atoms with Crippen molar-refractivity contribution in [2.75, 3.05) is 30.5 Å². The molecule has 0 bridgehead atoms. The minimum absolute atomic E-state index is 0.0195. The minimum atomic E-state index is -1.08. The van der Waals surface area contributed by atoms with Gasteiger partial charge in [-0.25, -0.2) is 14.8 Å². The average molecular weight is 501 g/mol. The number of hydrogen-bond donors (Lipinski definition) is 3. The van der Waals surface area contributed by atoms with Gasteiger partial charge >= 0.3 is 5.97 Å². The molecule has 3 heterocycles. The Morgan fingerprint density at radius 2 is 2.09 bits per heavy atom. The Morgan fingerprint density at radius 3 is 2.76 bits per heavy atom. The van der Waals surface area contributed by atoms with Gasteiger partial charge in [-0.15, -0.1) is 21.5 Å². The molecule has 0 aliphatic heterocycles. The van der Waals surface area contributed by atoms with Crippen LogP contribution in [0.3, 0.4) is 0 Å². The Balaban J connectivity index is 1.56. The lowest BCUT2D eigenvalue weighted by molar-refractivity contribution is 0.0424. The second-order valence-electron chi connectivity index (χ2n) is 7.50. The fourth-order valence-electron chi connectivity index (χ4n) is 3.31. The lowest BCUT2D eigenvalue weighted by atomic mass is 10.2. The summed E-state index contributed by atoms with van der Waals surface area (Å²) in [6.45, 7) is 2.36. The van der Waals surface area contributed by atoms with E-state index in [4.69, 9.17) is 4.74 Å². The molecule has 0 spiro atoms. The fraction of sp³-hybridized carbons (Fsp3) is 0.318. The largest absolute Gasteiger partial charge is 0.476 e. The van der Waals surface area contributed by atoms with Crippen LogP contribution < -0.4 is 10.2 Å². The summed E-state index contributed by atoms with van der Waals surface area (Å²) in [5, 5.41) is 33.4. The molecule has 4 rings (SSSR count). The third-order valence-corrected chi connectivity index (χ3v) is 6.97. The zero-order chi connectivity index (χ0) is 24.1. The molecule has 10 nitrogen and oxygen atoms in total. The van der Waals surface area contributed by atoms with Crippen molar-refractivity contribution >= 4 is 60.8 Å². The molecule has 1 atom stereocenters. The molecule has 0 saturated carbocycles. The number of carboxylic acid groups (broad SMARTS) is 1. The Bertz CT molecular complexity index is 1240. The fourth-order valence-corrected chi connectivity index (χ4v) is 5.01. The Morgan fingerprint density at radius 1 is 1.26 bits per heavy atom. The van der Waals surface area contributed by atoms with Crippen LogP contribution in [0.15, 0.2) is 35.7 Å². The van der Waals surface area contributed by atoms with E-state index < -0.39 is 5.97 Å². The van der Waals surface area contributed by atoms with E-state index in [1.807, 2.05) is 42.2 Å². The number of benzene rings is 1. The maximum Gasteiger partial charge on any atom is 0.355 e. The number of aliphatic hydroxyl groups is 1. The molecule has 34 heavy (non-hydrogen) atoms. The highest BCUT2D eigenvalue weighted by atomic mass is 32.1. The number of para-hydroxylation sites is 1. The molecular formula is C22H24N6O4S2. The van der Waals surface area contributed by atoms with Crippen LogP contribution in [0.4, 0.5) is 21.9 Å². The van der Waals surface area contributed by atoms with Gasteiger partial charge in [0.2, 0.25) is 0 Å². The normalized spacial score (nSPS) is 12.1. The summed E-state index contributed by atoms with van der Waals surface area (Å²) in [5.41, 5.74) is 1.75. The summed E-state index contributed by atoms with van der Waals surface area (Å²) in [6.07, 6.45) is 1.04. The second kappa shape index (κ2) is 10.8. The van der Waals surface area contributed by atoms with Crippen molar-refractivity contribution in [1.29, 1.82) is 0 Å². The van der Waals surface area contributed by atoms with Gasteiger partial charge < -0.3 is 25.2 Å². The van der Waals surface area contributed by atoms with Crippen molar-refractivity contribution in [2.45, 2.75) is 25.9 Å². The summed E-state index contributed by atoms with van der Waals surface area (Å²) in [4.78, 5) is 22.0. The van der Waals surface area contributed by atoms with E-state index >= 15 is 0 Å². The predicted octanol–water partition coefficient (Wildman–Crippen LogP) is 4.22. The maximum atomic E-state index is 11.3. The number of aliphatic hydroxyl groups excluding tert-OH is 1. The number of aromatic nitrogens is 4. The molecule has 0 radical (unpaired) electrons. The third-order valence-electron chi connectivity index (χ3n) is 5.15. The SMILES string of the molecule is COC(CO)CCCN(c1cc(C)c(Nc2nc3ccccc3s2)nn1)c1nc(C(=O)O)cs1. The zero-order valence-electron chi connectivity index (χ0n) is 18.6. The first-order valence-electron chi connectivity index (χ1n) is 10.6. The number of carboxylic acids is 1. The highest BCUT2D eigenvalue weighted by molar-refractivity contribution is 7.22. The number of rotatable bonds is 11. The average Bonchev–Trinajstić information content (AvgIpc) is 3.48. The molecule has 0 aliphatic rings. The van der Waals surface area contributed by atoms with Crippen LogP contribution in [0.2, 0.25) is 0 Å². The Kier molecular flexibility index (Phi) is 7.63. The number of fused-ring (bicyclic) bond motifs is 1. The molecule has 178 valence electrons. The van der Waals surface area contributed by atoms with E-state index in [9.17, 15) is 15.0 Å². The van der Waals surface area contributed by atoms with Gasteiger partial charge in [-0.2, -0.15) is 0 Å². The van der Waals surface area contributed by atoms with Crippen molar-refractivity contribution in [1.82, 2.24) is 20.2 Å². The van der Waals surface area contributed by atoms with Gasteiger partial charge in [-0.05, 0) is 43.5 Å². The van der Waals surface area contributed by atoms with Gasteiger partial charge in [0.05, 0.1) is 22.9 Å². The van der Waals surface area contributed by atoms with E-state index in [1.165, 1.54) is 28.1 Å². The van der Waals surface area contributed by atoms with E-state index in [0.29, 0.717) is 36.2 Å². The first-order valence-corrected chi connectivity index (χ1v) is 12.2. The molecule has 0 amide bonds. The van der Waals surface area contributed by atoms with Gasteiger partial charge in [-0.1, -0.05) is 23.5 Å². The number of nitrogens with zero attached hydrogens (tertiary/aromatic N) is 5. The number of aromatic carboxylic acids is 1. The minimum Gasteiger partial charge on any atom is -0.476 e. The van der Waals surface area contributed by atoms with E-state index in [0.717, 1.165) is 20.9 Å². The molecule has 1 unspecified atom stereocenters. The number of nitrogens with one attached hydrogen (secondary N) is 1. The topological polar surface area (TPSA) is 134 Å². The predicted molar refractivity (Wildman–Crippen MR) is 133 cm³/mol. The third kappa shape index (κ3) is 5.47.